The van der Waals surface area contributed by atoms with Crippen LogP contribution in [0.4, 0.5) is 5.69 Å². The van der Waals surface area contributed by atoms with Crippen LogP contribution in [0, 0.1) is 5.92 Å². The number of carbonyl (C=O) groups is 2. The molecule has 1 saturated carbocycles. The number of nitrogens with one attached hydrogen (secondary N) is 2. The topological polar surface area (TPSA) is 95.6 Å². The van der Waals surface area contributed by atoms with Gasteiger partial charge in [0.2, 0.25) is 21.8 Å². The third-order valence-electron chi connectivity index (χ3n) is 7.20. The first-order chi connectivity index (χ1) is 16.8. The molecule has 2 aromatic carbocycles. The summed E-state index contributed by atoms with van der Waals surface area (Å²) in [5.74, 6) is 0.0956. The van der Waals surface area contributed by atoms with Crippen LogP contribution in [-0.2, 0) is 32.5 Å². The summed E-state index contributed by atoms with van der Waals surface area (Å²) in [5, 5.41) is 3.12. The van der Waals surface area contributed by atoms with Crippen LogP contribution in [0.2, 0.25) is 0 Å². The van der Waals surface area contributed by atoms with Crippen molar-refractivity contribution in [3.05, 3.63) is 59.7 Å². The number of hydrogen-bond donors (Lipinski definition) is 2. The van der Waals surface area contributed by atoms with Gasteiger partial charge in [-0.05, 0) is 60.9 Å². The summed E-state index contributed by atoms with van der Waals surface area (Å²) < 4.78 is 29.5. The van der Waals surface area contributed by atoms with Crippen molar-refractivity contribution in [3.8, 4) is 0 Å². The number of amides is 2. The summed E-state index contributed by atoms with van der Waals surface area (Å²) in [7, 11) is -3.96. The smallest absolute Gasteiger partial charge is 0.241 e. The molecule has 2 aromatic rings. The second-order valence-corrected chi connectivity index (χ2v) is 11.4. The van der Waals surface area contributed by atoms with Crippen molar-refractivity contribution < 1.29 is 18.0 Å². The van der Waals surface area contributed by atoms with Gasteiger partial charge in [0.1, 0.15) is 6.04 Å². The molecule has 1 fully saturated rings. The van der Waals surface area contributed by atoms with E-state index < -0.39 is 16.1 Å². The molecule has 35 heavy (non-hydrogen) atoms. The number of sulfonamides is 1. The molecule has 0 spiro atoms. The Morgan fingerprint density at radius 1 is 1.09 bits per heavy atom. The minimum absolute atomic E-state index is 0.0222. The highest BCUT2D eigenvalue weighted by Gasteiger charge is 2.31. The van der Waals surface area contributed by atoms with Gasteiger partial charge >= 0.3 is 0 Å². The predicted molar refractivity (Wildman–Crippen MR) is 137 cm³/mol. The molecular formula is C27H35N3O4S. The molecule has 0 aromatic heterocycles. The highest BCUT2D eigenvalue weighted by molar-refractivity contribution is 7.89. The number of anilines is 1. The van der Waals surface area contributed by atoms with Gasteiger partial charge in [-0.3, -0.25) is 9.59 Å². The van der Waals surface area contributed by atoms with Crippen molar-refractivity contribution in [1.29, 1.82) is 0 Å². The quantitative estimate of drug-likeness (QED) is 0.583. The summed E-state index contributed by atoms with van der Waals surface area (Å²) in [6.45, 7) is 4.50. The number of hydrogen-bond acceptors (Lipinski definition) is 4. The van der Waals surface area contributed by atoms with Gasteiger partial charge in [-0.15, -0.1) is 0 Å². The lowest BCUT2D eigenvalue weighted by Crippen LogP contribution is -2.52. The van der Waals surface area contributed by atoms with Crippen LogP contribution in [0.15, 0.2) is 53.4 Å². The summed E-state index contributed by atoms with van der Waals surface area (Å²) in [6.07, 6.45) is 5.47. The Labute approximate surface area is 208 Å². The third-order valence-corrected chi connectivity index (χ3v) is 8.67. The molecule has 1 aliphatic carbocycles. The maximum atomic E-state index is 13.4. The molecule has 0 bridgehead atoms. The zero-order chi connectivity index (χ0) is 25.0. The van der Waals surface area contributed by atoms with Crippen molar-refractivity contribution in [2.45, 2.75) is 75.8 Å². The van der Waals surface area contributed by atoms with Gasteiger partial charge < -0.3 is 10.2 Å². The van der Waals surface area contributed by atoms with Gasteiger partial charge in [-0.2, -0.15) is 4.72 Å². The maximum Gasteiger partial charge on any atom is 0.241 e. The van der Waals surface area contributed by atoms with E-state index in [1.807, 2.05) is 37.3 Å². The molecule has 3 atom stereocenters. The van der Waals surface area contributed by atoms with E-state index in [2.05, 4.69) is 17.0 Å². The monoisotopic (exact) mass is 497 g/mol. The van der Waals surface area contributed by atoms with E-state index in [0.717, 1.165) is 42.5 Å². The average molecular weight is 498 g/mol. The number of nitrogens with zero attached hydrogens (tertiary/aromatic N) is 1. The molecule has 188 valence electrons. The fourth-order valence-corrected chi connectivity index (χ4v) is 6.35. The van der Waals surface area contributed by atoms with E-state index in [0.29, 0.717) is 25.3 Å². The molecule has 8 heteroatoms. The van der Waals surface area contributed by atoms with Crippen molar-refractivity contribution in [2.75, 3.05) is 11.4 Å². The Kier molecular flexibility index (Phi) is 7.91. The second-order valence-electron chi connectivity index (χ2n) is 9.68. The zero-order valence-corrected chi connectivity index (χ0v) is 21.3. The van der Waals surface area contributed by atoms with Crippen LogP contribution in [0.3, 0.4) is 0 Å². The number of carbonyl (C=O) groups excluding carboxylic acids is 2. The summed E-state index contributed by atoms with van der Waals surface area (Å²) in [5.41, 5.74) is 2.48. The average Bonchev–Trinajstić information content (AvgIpc) is 3.28. The van der Waals surface area contributed by atoms with Gasteiger partial charge in [0.25, 0.3) is 0 Å². The van der Waals surface area contributed by atoms with Crippen LogP contribution in [0.25, 0.3) is 0 Å². The molecule has 2 amide bonds. The number of benzene rings is 2. The molecule has 1 heterocycles. The lowest BCUT2D eigenvalue weighted by Gasteiger charge is -2.31. The van der Waals surface area contributed by atoms with Gasteiger partial charge in [0.15, 0.2) is 0 Å². The molecule has 0 saturated heterocycles. The Balaban J connectivity index is 1.55. The van der Waals surface area contributed by atoms with E-state index in [9.17, 15) is 18.0 Å². The second kappa shape index (κ2) is 10.9. The Morgan fingerprint density at radius 3 is 2.54 bits per heavy atom. The highest BCUT2D eigenvalue weighted by Crippen LogP contribution is 2.31. The number of fused-ring (bicyclic) bond motifs is 1. The van der Waals surface area contributed by atoms with E-state index in [-0.39, 0.29) is 29.2 Å². The SMILES string of the molecule is CCC(=O)N1CCc2cc(S(=O)(=O)N[C@H](Cc3ccccc3)C(=O)N[C@@H]3CCCC[C@@H]3C)ccc21. The summed E-state index contributed by atoms with van der Waals surface area (Å²) >= 11 is 0. The molecule has 0 unspecified atom stereocenters. The minimum Gasteiger partial charge on any atom is -0.352 e. The van der Waals surface area contributed by atoms with Crippen LogP contribution in [-0.4, -0.2) is 38.9 Å². The standard InChI is InChI=1S/C27H35N3O4S/c1-3-26(31)30-16-15-21-18-22(13-14-25(21)30)35(33,34)29-24(17-20-10-5-4-6-11-20)27(32)28-23-12-8-7-9-19(23)2/h4-6,10-11,13-14,18-19,23-24,29H,3,7-9,12,15-17H2,1-2H3,(H,28,32)/t19-,23+,24+/m0/s1. The molecule has 7 nitrogen and oxygen atoms in total. The van der Waals surface area contributed by atoms with E-state index in [1.165, 1.54) is 6.07 Å². The van der Waals surface area contributed by atoms with Crippen LogP contribution >= 0.6 is 0 Å². The van der Waals surface area contributed by atoms with Gasteiger partial charge in [0, 0.05) is 24.7 Å². The van der Waals surface area contributed by atoms with Crippen LogP contribution < -0.4 is 14.9 Å². The zero-order valence-electron chi connectivity index (χ0n) is 20.5. The van der Waals surface area contributed by atoms with Crippen molar-refractivity contribution in [2.24, 2.45) is 5.92 Å². The summed E-state index contributed by atoms with van der Waals surface area (Å²) in [6, 6.07) is 13.4. The van der Waals surface area contributed by atoms with Gasteiger partial charge in [0.05, 0.1) is 4.90 Å². The Hall–Kier alpha value is -2.71. The maximum absolute atomic E-state index is 13.4. The van der Waals surface area contributed by atoms with Crippen LogP contribution in [0.1, 0.15) is 57.1 Å². The summed E-state index contributed by atoms with van der Waals surface area (Å²) in [4.78, 5) is 27.3. The van der Waals surface area contributed by atoms with Gasteiger partial charge in [-0.25, -0.2) is 8.42 Å². The van der Waals surface area contributed by atoms with Crippen molar-refractivity contribution in [3.63, 3.8) is 0 Å². The number of rotatable bonds is 8. The molecule has 4 rings (SSSR count). The third kappa shape index (κ3) is 5.93. The molecule has 1 aliphatic heterocycles. The van der Waals surface area contributed by atoms with E-state index in [4.69, 9.17) is 0 Å². The molecular weight excluding hydrogens is 462 g/mol. The first kappa shape index (κ1) is 25.4. The normalized spacial score (nSPS) is 20.8. The first-order valence-corrected chi connectivity index (χ1v) is 14.1. The van der Waals surface area contributed by atoms with Gasteiger partial charge in [-0.1, -0.05) is 57.0 Å². The molecule has 0 radical (unpaired) electrons. The van der Waals surface area contributed by atoms with Crippen molar-refractivity contribution in [1.82, 2.24) is 10.0 Å². The largest absolute Gasteiger partial charge is 0.352 e. The van der Waals surface area contributed by atoms with Crippen molar-refractivity contribution >= 4 is 27.5 Å². The highest BCUT2D eigenvalue weighted by atomic mass is 32.2. The lowest BCUT2D eigenvalue weighted by atomic mass is 9.86. The van der Waals surface area contributed by atoms with E-state index >= 15 is 0 Å². The predicted octanol–water partition coefficient (Wildman–Crippen LogP) is 3.57. The molecule has 2 aliphatic rings. The fourth-order valence-electron chi connectivity index (χ4n) is 5.10. The lowest BCUT2D eigenvalue weighted by molar-refractivity contribution is -0.124. The van der Waals surface area contributed by atoms with E-state index in [1.54, 1.807) is 17.0 Å². The first-order valence-electron chi connectivity index (χ1n) is 12.6. The fraction of sp³-hybridized carbons (Fsp3) is 0.481. The Bertz CT molecular complexity index is 1170. The van der Waals surface area contributed by atoms with Crippen LogP contribution in [0.5, 0.6) is 0 Å². The minimum atomic E-state index is -3.96. The Morgan fingerprint density at radius 2 is 1.83 bits per heavy atom. The molecule has 2 N–H and O–H groups in total.